The van der Waals surface area contributed by atoms with Crippen LogP contribution in [-0.2, 0) is 5.75 Å². The molecule has 2 rings (SSSR count). The average Bonchev–Trinajstić information content (AvgIpc) is 2.54. The molecule has 22 heavy (non-hydrogen) atoms. The molecule has 1 aromatic heterocycles. The highest BCUT2D eigenvalue weighted by atomic mass is 35.5. The van der Waals surface area contributed by atoms with E-state index in [0.717, 1.165) is 17.0 Å². The Morgan fingerprint density at radius 3 is 2.68 bits per heavy atom. The summed E-state index contributed by atoms with van der Waals surface area (Å²) in [4.78, 5) is 3.16. The first-order valence-corrected chi connectivity index (χ1v) is 7.87. The van der Waals surface area contributed by atoms with E-state index in [9.17, 15) is 0 Å². The summed E-state index contributed by atoms with van der Waals surface area (Å²) in [5.74, 6) is 0.794. The highest BCUT2D eigenvalue weighted by Crippen LogP contribution is 2.08. The van der Waals surface area contributed by atoms with Crippen molar-refractivity contribution in [1.82, 2.24) is 5.43 Å². The number of H-pyrrole nitrogens is 1. The standard InChI is InChI=1S/C16H15N3S2.ClH/c20-16(21-13-15-10-4-5-11-17-15)19-18-12-6-9-14-7-2-1-3-8-14;/h1-12H,13H2,(H,19,20);1H/b9-6+,18-12+;. The molecule has 0 saturated carbocycles. The molecule has 2 N–H and O–H groups in total. The van der Waals surface area contributed by atoms with Crippen LogP contribution in [0.4, 0.5) is 0 Å². The molecule has 6 heteroatoms. The minimum Gasteiger partial charge on any atom is -1.00 e. The van der Waals surface area contributed by atoms with Gasteiger partial charge in [0.05, 0.1) is 5.75 Å². The Balaban J connectivity index is 0.00000242. The molecule has 0 fully saturated rings. The second-order valence-electron chi connectivity index (χ2n) is 4.12. The fourth-order valence-corrected chi connectivity index (χ4v) is 2.36. The highest BCUT2D eigenvalue weighted by molar-refractivity contribution is 8.22. The number of halogens is 1. The van der Waals surface area contributed by atoms with Crippen LogP contribution >= 0.6 is 24.0 Å². The Morgan fingerprint density at radius 2 is 1.95 bits per heavy atom. The van der Waals surface area contributed by atoms with E-state index in [0.29, 0.717) is 4.32 Å². The Kier molecular flexibility index (Phi) is 9.14. The van der Waals surface area contributed by atoms with E-state index >= 15 is 0 Å². The van der Waals surface area contributed by atoms with Crippen molar-refractivity contribution in [2.24, 2.45) is 5.10 Å². The first-order valence-electron chi connectivity index (χ1n) is 6.48. The van der Waals surface area contributed by atoms with Gasteiger partial charge in [-0.3, -0.25) is 5.43 Å². The summed E-state index contributed by atoms with van der Waals surface area (Å²) >= 11 is 6.73. The monoisotopic (exact) mass is 349 g/mol. The van der Waals surface area contributed by atoms with Crippen LogP contribution in [0.3, 0.4) is 0 Å². The second kappa shape index (κ2) is 11.0. The van der Waals surface area contributed by atoms with Gasteiger partial charge in [0.1, 0.15) is 0 Å². The van der Waals surface area contributed by atoms with Gasteiger partial charge < -0.3 is 12.4 Å². The number of hydrazone groups is 1. The number of rotatable bonds is 5. The van der Waals surface area contributed by atoms with Gasteiger partial charge in [-0.1, -0.05) is 66.5 Å². The lowest BCUT2D eigenvalue weighted by Gasteiger charge is -1.99. The van der Waals surface area contributed by atoms with Gasteiger partial charge in [-0.25, -0.2) is 4.98 Å². The summed E-state index contributed by atoms with van der Waals surface area (Å²) < 4.78 is 0.650. The van der Waals surface area contributed by atoms with Crippen LogP contribution in [0.1, 0.15) is 11.3 Å². The number of hydrogen-bond donors (Lipinski definition) is 1. The minimum atomic E-state index is 0. The van der Waals surface area contributed by atoms with E-state index in [-0.39, 0.29) is 12.4 Å². The van der Waals surface area contributed by atoms with E-state index in [4.69, 9.17) is 12.2 Å². The molecule has 1 heterocycles. The third-order valence-electron chi connectivity index (χ3n) is 2.54. The second-order valence-corrected chi connectivity index (χ2v) is 5.78. The largest absolute Gasteiger partial charge is 1.00 e. The van der Waals surface area contributed by atoms with Crippen LogP contribution in [0.5, 0.6) is 0 Å². The Hall–Kier alpha value is -1.69. The van der Waals surface area contributed by atoms with E-state index < -0.39 is 0 Å². The fourth-order valence-electron chi connectivity index (χ4n) is 1.55. The van der Waals surface area contributed by atoms with Crippen LogP contribution in [0.2, 0.25) is 0 Å². The van der Waals surface area contributed by atoms with Crippen LogP contribution < -0.4 is 22.8 Å². The molecule has 3 nitrogen and oxygen atoms in total. The molecule has 0 aliphatic carbocycles. The molecule has 0 amide bonds. The van der Waals surface area contributed by atoms with Crippen molar-refractivity contribution in [2.75, 3.05) is 0 Å². The molecule has 0 unspecified atom stereocenters. The maximum Gasteiger partial charge on any atom is 0.190 e. The first kappa shape index (κ1) is 18.4. The van der Waals surface area contributed by atoms with Gasteiger partial charge in [-0.2, -0.15) is 5.10 Å². The van der Waals surface area contributed by atoms with Crippen molar-refractivity contribution >= 4 is 40.6 Å². The van der Waals surface area contributed by atoms with Crippen LogP contribution in [0, 0.1) is 0 Å². The Morgan fingerprint density at radius 1 is 1.18 bits per heavy atom. The van der Waals surface area contributed by atoms with Crippen molar-refractivity contribution < 1.29 is 17.4 Å². The molecular weight excluding hydrogens is 334 g/mol. The number of hydrogen-bond acceptors (Lipinski definition) is 3. The van der Waals surface area contributed by atoms with Gasteiger partial charge in [-0.05, 0) is 11.6 Å². The smallest absolute Gasteiger partial charge is 0.190 e. The van der Waals surface area contributed by atoms with Crippen molar-refractivity contribution in [1.29, 1.82) is 0 Å². The van der Waals surface area contributed by atoms with Gasteiger partial charge >= 0.3 is 0 Å². The van der Waals surface area contributed by atoms with E-state index in [1.807, 2.05) is 66.9 Å². The summed E-state index contributed by atoms with van der Waals surface area (Å²) in [5, 5.41) is 4.06. The summed E-state index contributed by atoms with van der Waals surface area (Å²) in [5.41, 5.74) is 5.10. The van der Waals surface area contributed by atoms with E-state index in [2.05, 4.69) is 15.5 Å². The fraction of sp³-hybridized carbons (Fsp3) is 0.0625. The normalized spacial score (nSPS) is 10.5. The number of benzene rings is 1. The SMILES string of the molecule is S=C(N/N=C/C=C/c1ccccc1)SCc1cccc[nH+]1.[Cl-]. The number of nitrogens with zero attached hydrogens (tertiary/aromatic N) is 1. The quantitative estimate of drug-likeness (QED) is 0.480. The number of aromatic nitrogens is 1. The zero-order valence-electron chi connectivity index (χ0n) is 11.8. The lowest BCUT2D eigenvalue weighted by atomic mass is 10.2. The number of aromatic amines is 1. The lowest BCUT2D eigenvalue weighted by Crippen LogP contribution is -3.00. The summed E-state index contributed by atoms with van der Waals surface area (Å²) in [6, 6.07) is 16.0. The molecule has 0 radical (unpaired) electrons. The molecule has 0 saturated heterocycles. The van der Waals surface area contributed by atoms with Gasteiger partial charge in [0.15, 0.2) is 16.2 Å². The van der Waals surface area contributed by atoms with Crippen LogP contribution in [-0.4, -0.2) is 10.5 Å². The number of thioether (sulfide) groups is 1. The molecule has 0 aliphatic heterocycles. The molecule has 114 valence electrons. The lowest BCUT2D eigenvalue weighted by molar-refractivity contribution is -0.388. The van der Waals surface area contributed by atoms with Crippen molar-refractivity contribution in [3.05, 3.63) is 72.1 Å². The van der Waals surface area contributed by atoms with Gasteiger partial charge in [-0.15, -0.1) is 0 Å². The molecule has 0 spiro atoms. The Labute approximate surface area is 146 Å². The summed E-state index contributed by atoms with van der Waals surface area (Å²) in [6.07, 6.45) is 7.45. The first-order chi connectivity index (χ1) is 10.3. The summed E-state index contributed by atoms with van der Waals surface area (Å²) in [6.45, 7) is 0. The third-order valence-corrected chi connectivity index (χ3v) is 3.79. The zero-order valence-corrected chi connectivity index (χ0v) is 14.2. The molecule has 0 atom stereocenters. The van der Waals surface area contributed by atoms with Crippen molar-refractivity contribution in [3.8, 4) is 0 Å². The summed E-state index contributed by atoms with van der Waals surface area (Å²) in [7, 11) is 0. The molecular formula is C16H16ClN3S2. The maximum atomic E-state index is 5.20. The number of thiocarbonyl (C=S) groups is 1. The van der Waals surface area contributed by atoms with Crippen LogP contribution in [0.25, 0.3) is 6.08 Å². The topological polar surface area (TPSA) is 38.5 Å². The zero-order chi connectivity index (χ0) is 14.8. The predicted molar refractivity (Wildman–Crippen MR) is 94.0 cm³/mol. The predicted octanol–water partition coefficient (Wildman–Crippen LogP) is 0.312. The minimum absolute atomic E-state index is 0. The Bertz CT molecular complexity index is 616. The van der Waals surface area contributed by atoms with E-state index in [1.54, 1.807) is 6.21 Å². The van der Waals surface area contributed by atoms with Crippen LogP contribution in [0.15, 0.2) is 65.9 Å². The van der Waals surface area contributed by atoms with E-state index in [1.165, 1.54) is 11.8 Å². The van der Waals surface area contributed by atoms with Crippen molar-refractivity contribution in [3.63, 3.8) is 0 Å². The van der Waals surface area contributed by atoms with Gasteiger partial charge in [0.25, 0.3) is 0 Å². The maximum absolute atomic E-state index is 5.20. The molecule has 0 aliphatic rings. The number of allylic oxidation sites excluding steroid dienone is 1. The highest BCUT2D eigenvalue weighted by Gasteiger charge is 2.01. The molecule has 0 bridgehead atoms. The number of pyridine rings is 1. The van der Waals surface area contributed by atoms with Gasteiger partial charge in [0.2, 0.25) is 0 Å². The number of nitrogens with one attached hydrogen (secondary N) is 2. The van der Waals surface area contributed by atoms with Gasteiger partial charge in [0, 0.05) is 18.3 Å². The average molecular weight is 350 g/mol. The third kappa shape index (κ3) is 7.36. The molecule has 1 aromatic carbocycles. The van der Waals surface area contributed by atoms with Crippen molar-refractivity contribution in [2.45, 2.75) is 5.75 Å². The molecule has 2 aromatic rings.